The molecule has 0 aliphatic heterocycles. The molecule has 1 unspecified atom stereocenters. The molecule has 0 amide bonds. The number of hydrogen-bond donors (Lipinski definition) is 0. The number of nitrogens with zero attached hydrogens (tertiary/aromatic N) is 1. The van der Waals surface area contributed by atoms with E-state index in [0.717, 1.165) is 12.1 Å². The molecule has 0 saturated carbocycles. The van der Waals surface area contributed by atoms with Crippen LogP contribution in [0.15, 0.2) is 52.4 Å². The molecule has 0 aromatic heterocycles. The second-order valence-electron chi connectivity index (χ2n) is 5.36. The van der Waals surface area contributed by atoms with E-state index >= 15 is 0 Å². The maximum Gasteiger partial charge on any atom is 0.416 e. The number of aliphatic imine (C=N–C) groups is 1. The van der Waals surface area contributed by atoms with E-state index in [1.807, 2.05) is 6.92 Å². The molecule has 1 aromatic carbocycles. The third-order valence-electron chi connectivity index (χ3n) is 3.56. The zero-order chi connectivity index (χ0) is 17.6. The van der Waals surface area contributed by atoms with E-state index in [9.17, 15) is 17.6 Å². The Hall–Kier alpha value is -1.91. The highest BCUT2D eigenvalue weighted by Crippen LogP contribution is 2.30. The Bertz CT molecular complexity index is 607. The summed E-state index contributed by atoms with van der Waals surface area (Å²) in [7, 11) is 0. The van der Waals surface area contributed by atoms with Crippen LogP contribution < -0.4 is 0 Å². The molecule has 0 radical (unpaired) electrons. The molecule has 0 aliphatic rings. The van der Waals surface area contributed by atoms with E-state index in [2.05, 4.69) is 4.99 Å². The van der Waals surface area contributed by atoms with Crippen molar-refractivity contribution >= 4 is 6.21 Å². The number of halogens is 4. The Morgan fingerprint density at radius 1 is 1.17 bits per heavy atom. The third kappa shape index (κ3) is 5.34. The van der Waals surface area contributed by atoms with E-state index < -0.39 is 11.7 Å². The molecule has 0 spiro atoms. The monoisotopic (exact) mass is 327 g/mol. The summed E-state index contributed by atoms with van der Waals surface area (Å²) in [5.41, 5.74) is 0.820. The molecule has 0 N–H and O–H groups in total. The van der Waals surface area contributed by atoms with Crippen molar-refractivity contribution in [2.45, 2.75) is 40.3 Å². The summed E-state index contributed by atoms with van der Waals surface area (Å²) in [4.78, 5) is 4.10. The molecule has 1 aromatic rings. The van der Waals surface area contributed by atoms with Crippen molar-refractivity contribution in [1.82, 2.24) is 0 Å². The first-order valence-corrected chi connectivity index (χ1v) is 7.38. The summed E-state index contributed by atoms with van der Waals surface area (Å²) >= 11 is 0. The lowest BCUT2D eigenvalue weighted by Crippen LogP contribution is -2.07. The van der Waals surface area contributed by atoms with Crippen LogP contribution in [0.5, 0.6) is 0 Å². The highest BCUT2D eigenvalue weighted by molar-refractivity contribution is 5.56. The molecule has 1 nitrogen and oxygen atoms in total. The maximum absolute atomic E-state index is 14.4. The normalized spacial score (nSPS) is 15.7. The van der Waals surface area contributed by atoms with Crippen molar-refractivity contribution < 1.29 is 17.6 Å². The molecule has 0 saturated heterocycles. The standard InChI is InChI=1S/C18H21F4N/c1-5-12(3)16(19)17(23-6-2)13(4)11-14-7-9-15(10-8-14)18(20,21)22/h5-10,13H,11H2,1-4H3/b12-5-,17-16+,23-6?. The number of alkyl halides is 3. The van der Waals surface area contributed by atoms with Gasteiger partial charge in [0.25, 0.3) is 0 Å². The van der Waals surface area contributed by atoms with Crippen LogP contribution in [0.25, 0.3) is 0 Å². The lowest BCUT2D eigenvalue weighted by atomic mass is 9.95. The zero-order valence-corrected chi connectivity index (χ0v) is 13.7. The van der Waals surface area contributed by atoms with Gasteiger partial charge >= 0.3 is 6.18 Å². The number of hydrogen-bond acceptors (Lipinski definition) is 1. The molecule has 0 fully saturated rings. The Kier molecular flexibility index (Phi) is 6.73. The molecule has 1 atom stereocenters. The average molecular weight is 327 g/mol. The fraction of sp³-hybridized carbons (Fsp3) is 0.389. The van der Waals surface area contributed by atoms with Gasteiger partial charge in [0.15, 0.2) is 0 Å². The summed E-state index contributed by atoms with van der Waals surface area (Å²) in [5, 5.41) is 0. The van der Waals surface area contributed by atoms with Gasteiger partial charge in [0, 0.05) is 12.1 Å². The minimum atomic E-state index is -4.35. The van der Waals surface area contributed by atoms with Gasteiger partial charge in [-0.05, 0) is 50.5 Å². The smallest absolute Gasteiger partial charge is 0.263 e. The SMILES string of the molecule is CC=N/C(=C(F)\C(C)=C/C)C(C)Cc1ccc(C(F)(F)F)cc1. The predicted molar refractivity (Wildman–Crippen MR) is 86.0 cm³/mol. The van der Waals surface area contributed by atoms with Gasteiger partial charge in [-0.15, -0.1) is 0 Å². The first-order chi connectivity index (χ1) is 10.7. The quantitative estimate of drug-likeness (QED) is 0.351. The van der Waals surface area contributed by atoms with E-state index in [4.69, 9.17) is 0 Å². The van der Waals surface area contributed by atoms with Crippen molar-refractivity contribution in [3.63, 3.8) is 0 Å². The maximum atomic E-state index is 14.4. The van der Waals surface area contributed by atoms with Crippen molar-refractivity contribution in [3.05, 3.63) is 58.6 Å². The van der Waals surface area contributed by atoms with Gasteiger partial charge in [-0.3, -0.25) is 4.99 Å². The van der Waals surface area contributed by atoms with Crippen molar-refractivity contribution in [2.75, 3.05) is 0 Å². The van der Waals surface area contributed by atoms with Crippen LogP contribution in [0.1, 0.15) is 38.8 Å². The van der Waals surface area contributed by atoms with E-state index in [0.29, 0.717) is 23.3 Å². The van der Waals surface area contributed by atoms with Crippen molar-refractivity contribution in [2.24, 2.45) is 10.9 Å². The zero-order valence-electron chi connectivity index (χ0n) is 13.7. The Labute approximate surface area is 134 Å². The van der Waals surface area contributed by atoms with Gasteiger partial charge in [0.1, 0.15) is 5.83 Å². The van der Waals surface area contributed by atoms with Gasteiger partial charge in [0.2, 0.25) is 0 Å². The van der Waals surface area contributed by atoms with Crippen LogP contribution in [0.4, 0.5) is 17.6 Å². The second kappa shape index (κ2) is 8.09. The molecule has 23 heavy (non-hydrogen) atoms. The van der Waals surface area contributed by atoms with E-state index in [1.54, 1.807) is 26.8 Å². The van der Waals surface area contributed by atoms with Gasteiger partial charge in [-0.2, -0.15) is 13.2 Å². The number of benzene rings is 1. The summed E-state index contributed by atoms with van der Waals surface area (Å²) in [5.74, 6) is -0.636. The Balaban J connectivity index is 3.02. The van der Waals surface area contributed by atoms with Crippen LogP contribution in [0, 0.1) is 5.92 Å². The number of allylic oxidation sites excluding steroid dienone is 4. The van der Waals surface area contributed by atoms with E-state index in [-0.39, 0.29) is 11.7 Å². The average Bonchev–Trinajstić information content (AvgIpc) is 2.50. The highest BCUT2D eigenvalue weighted by atomic mass is 19.4. The Morgan fingerprint density at radius 3 is 2.17 bits per heavy atom. The largest absolute Gasteiger partial charge is 0.416 e. The van der Waals surface area contributed by atoms with Crippen LogP contribution in [-0.4, -0.2) is 6.21 Å². The van der Waals surface area contributed by atoms with Gasteiger partial charge in [-0.1, -0.05) is 25.1 Å². The van der Waals surface area contributed by atoms with Crippen molar-refractivity contribution in [1.29, 1.82) is 0 Å². The van der Waals surface area contributed by atoms with Gasteiger partial charge in [-0.25, -0.2) is 4.39 Å². The third-order valence-corrected chi connectivity index (χ3v) is 3.56. The topological polar surface area (TPSA) is 12.4 Å². The predicted octanol–water partition coefficient (Wildman–Crippen LogP) is 6.12. The van der Waals surface area contributed by atoms with Crippen LogP contribution in [0.3, 0.4) is 0 Å². The summed E-state index contributed by atoms with van der Waals surface area (Å²) in [6, 6.07) is 4.93. The summed E-state index contributed by atoms with van der Waals surface area (Å²) in [6.45, 7) is 6.90. The highest BCUT2D eigenvalue weighted by Gasteiger charge is 2.30. The summed E-state index contributed by atoms with van der Waals surface area (Å²) in [6.07, 6.45) is -0.765. The molecule has 0 bridgehead atoms. The first-order valence-electron chi connectivity index (χ1n) is 7.38. The van der Waals surface area contributed by atoms with Crippen LogP contribution >= 0.6 is 0 Å². The summed E-state index contributed by atoms with van der Waals surface area (Å²) < 4.78 is 52.1. The van der Waals surface area contributed by atoms with E-state index in [1.165, 1.54) is 18.3 Å². The molecular formula is C18H21F4N. The first kappa shape index (κ1) is 19.1. The molecule has 1 rings (SSSR count). The minimum absolute atomic E-state index is 0.252. The molecule has 5 heteroatoms. The fourth-order valence-corrected chi connectivity index (χ4v) is 2.15. The minimum Gasteiger partial charge on any atom is -0.263 e. The lowest BCUT2D eigenvalue weighted by Gasteiger charge is -2.15. The Morgan fingerprint density at radius 2 is 1.74 bits per heavy atom. The number of rotatable bonds is 5. The molecule has 0 aliphatic carbocycles. The van der Waals surface area contributed by atoms with Gasteiger partial charge < -0.3 is 0 Å². The lowest BCUT2D eigenvalue weighted by molar-refractivity contribution is -0.137. The van der Waals surface area contributed by atoms with Crippen LogP contribution in [0.2, 0.25) is 0 Å². The molecular weight excluding hydrogens is 306 g/mol. The van der Waals surface area contributed by atoms with Crippen molar-refractivity contribution in [3.8, 4) is 0 Å². The second-order valence-corrected chi connectivity index (χ2v) is 5.36. The van der Waals surface area contributed by atoms with Gasteiger partial charge in [0.05, 0.1) is 11.3 Å². The fourth-order valence-electron chi connectivity index (χ4n) is 2.15. The molecule has 0 heterocycles. The molecule has 126 valence electrons. The van der Waals surface area contributed by atoms with Crippen LogP contribution in [-0.2, 0) is 12.6 Å².